The van der Waals surface area contributed by atoms with E-state index >= 15 is 0 Å². The van der Waals surface area contributed by atoms with E-state index in [1.54, 1.807) is 25.1 Å². The van der Waals surface area contributed by atoms with Gasteiger partial charge in [0.05, 0.1) is 6.04 Å². The Morgan fingerprint density at radius 1 is 1.35 bits per heavy atom. The van der Waals surface area contributed by atoms with Crippen LogP contribution in [0.15, 0.2) is 22.7 Å². The average Bonchev–Trinajstić information content (AvgIpc) is 2.72. The van der Waals surface area contributed by atoms with Crippen LogP contribution in [0.25, 0.3) is 0 Å². The van der Waals surface area contributed by atoms with Crippen molar-refractivity contribution >= 4 is 23.2 Å². The van der Waals surface area contributed by atoms with Gasteiger partial charge in [-0.05, 0) is 24.6 Å². The Labute approximate surface area is 109 Å². The van der Waals surface area contributed by atoms with Crippen molar-refractivity contribution in [1.82, 2.24) is 10.1 Å². The van der Waals surface area contributed by atoms with Crippen LogP contribution in [0.2, 0.25) is 10.0 Å². The second-order valence-corrected chi connectivity index (χ2v) is 4.53. The molecule has 0 amide bonds. The number of nitrogens with two attached hydrogens (primary N) is 1. The lowest BCUT2D eigenvalue weighted by atomic mass is 10.1. The molecule has 0 saturated carbocycles. The van der Waals surface area contributed by atoms with Gasteiger partial charge in [0.2, 0.25) is 5.89 Å². The first-order valence-corrected chi connectivity index (χ1v) is 5.84. The van der Waals surface area contributed by atoms with Gasteiger partial charge in [-0.25, -0.2) is 0 Å². The molecule has 1 aromatic carbocycles. The first kappa shape index (κ1) is 12.4. The van der Waals surface area contributed by atoms with E-state index in [2.05, 4.69) is 10.1 Å². The lowest BCUT2D eigenvalue weighted by molar-refractivity contribution is 0.358. The van der Waals surface area contributed by atoms with Gasteiger partial charge in [-0.1, -0.05) is 34.4 Å². The summed E-state index contributed by atoms with van der Waals surface area (Å²) < 4.78 is 5.01. The molecule has 4 nitrogen and oxygen atoms in total. The Hall–Kier alpha value is -1.10. The molecule has 1 atom stereocenters. The minimum atomic E-state index is -0.280. The van der Waals surface area contributed by atoms with Crippen LogP contribution >= 0.6 is 23.2 Å². The molecule has 2 N–H and O–H groups in total. The highest BCUT2D eigenvalue weighted by atomic mass is 35.5. The van der Waals surface area contributed by atoms with Gasteiger partial charge in [0.1, 0.15) is 0 Å². The molecular weight excluding hydrogens is 261 g/mol. The summed E-state index contributed by atoms with van der Waals surface area (Å²) in [7, 11) is 0. The average molecular weight is 272 g/mol. The molecule has 0 saturated heterocycles. The molecule has 1 heterocycles. The van der Waals surface area contributed by atoms with Crippen LogP contribution in [0, 0.1) is 0 Å². The SMILES string of the molecule is C[C@@H](N)c1nc(Cc2c(Cl)cccc2Cl)no1. The fraction of sp³-hybridized carbons (Fsp3) is 0.273. The molecule has 0 spiro atoms. The van der Waals surface area contributed by atoms with E-state index in [-0.39, 0.29) is 6.04 Å². The van der Waals surface area contributed by atoms with E-state index in [0.717, 1.165) is 5.56 Å². The van der Waals surface area contributed by atoms with E-state index in [1.807, 2.05) is 0 Å². The second-order valence-electron chi connectivity index (χ2n) is 3.71. The third kappa shape index (κ3) is 2.77. The van der Waals surface area contributed by atoms with Crippen molar-refractivity contribution in [2.45, 2.75) is 19.4 Å². The quantitative estimate of drug-likeness (QED) is 0.932. The number of hydrogen-bond donors (Lipinski definition) is 1. The van der Waals surface area contributed by atoms with E-state index < -0.39 is 0 Å². The summed E-state index contributed by atoms with van der Waals surface area (Å²) in [5.41, 5.74) is 6.42. The summed E-state index contributed by atoms with van der Waals surface area (Å²) in [6.07, 6.45) is 0.425. The first-order chi connectivity index (χ1) is 8.08. The van der Waals surface area contributed by atoms with E-state index in [4.69, 9.17) is 33.5 Å². The lowest BCUT2D eigenvalue weighted by Gasteiger charge is -2.03. The van der Waals surface area contributed by atoms with Crippen molar-refractivity contribution in [1.29, 1.82) is 0 Å². The van der Waals surface area contributed by atoms with Crippen molar-refractivity contribution < 1.29 is 4.52 Å². The molecule has 2 aromatic rings. The molecule has 6 heteroatoms. The van der Waals surface area contributed by atoms with Crippen molar-refractivity contribution in [3.05, 3.63) is 45.5 Å². The Kier molecular flexibility index (Phi) is 3.66. The van der Waals surface area contributed by atoms with Gasteiger partial charge in [-0.3, -0.25) is 0 Å². The highest BCUT2D eigenvalue weighted by molar-refractivity contribution is 6.36. The Morgan fingerprint density at radius 3 is 2.53 bits per heavy atom. The van der Waals surface area contributed by atoms with E-state index in [9.17, 15) is 0 Å². The summed E-state index contributed by atoms with van der Waals surface area (Å²) >= 11 is 12.1. The van der Waals surface area contributed by atoms with Crippen LogP contribution in [-0.4, -0.2) is 10.1 Å². The minimum absolute atomic E-state index is 0.280. The zero-order valence-electron chi connectivity index (χ0n) is 9.15. The van der Waals surface area contributed by atoms with Crippen LogP contribution in [0.4, 0.5) is 0 Å². The number of rotatable bonds is 3. The number of halogens is 2. The maximum atomic E-state index is 6.05. The Balaban J connectivity index is 2.25. The van der Waals surface area contributed by atoms with Crippen LogP contribution in [-0.2, 0) is 6.42 Å². The van der Waals surface area contributed by atoms with E-state index in [0.29, 0.717) is 28.2 Å². The molecule has 0 unspecified atom stereocenters. The van der Waals surface area contributed by atoms with Crippen molar-refractivity contribution in [3.8, 4) is 0 Å². The van der Waals surface area contributed by atoms with Crippen LogP contribution in [0.5, 0.6) is 0 Å². The van der Waals surface area contributed by atoms with Crippen LogP contribution in [0.3, 0.4) is 0 Å². The number of benzene rings is 1. The molecule has 2 rings (SSSR count). The predicted octanol–water partition coefficient (Wildman–Crippen LogP) is 2.99. The largest absolute Gasteiger partial charge is 0.338 e. The van der Waals surface area contributed by atoms with Gasteiger partial charge in [0.25, 0.3) is 0 Å². The summed E-state index contributed by atoms with van der Waals surface area (Å²) in [6.45, 7) is 1.78. The zero-order chi connectivity index (χ0) is 12.4. The second kappa shape index (κ2) is 5.04. The third-order valence-corrected chi connectivity index (χ3v) is 2.98. The minimum Gasteiger partial charge on any atom is -0.338 e. The number of nitrogens with zero attached hydrogens (tertiary/aromatic N) is 2. The summed E-state index contributed by atoms with van der Waals surface area (Å²) in [4.78, 5) is 4.17. The Bertz CT molecular complexity index is 505. The van der Waals surface area contributed by atoms with Crippen LogP contribution in [0.1, 0.15) is 30.2 Å². The van der Waals surface area contributed by atoms with Gasteiger partial charge >= 0.3 is 0 Å². The lowest BCUT2D eigenvalue weighted by Crippen LogP contribution is -2.05. The molecule has 0 aliphatic heterocycles. The number of hydrogen-bond acceptors (Lipinski definition) is 4. The maximum absolute atomic E-state index is 6.05. The highest BCUT2D eigenvalue weighted by Gasteiger charge is 2.13. The van der Waals surface area contributed by atoms with Crippen molar-refractivity contribution in [2.24, 2.45) is 5.73 Å². The standard InChI is InChI=1S/C11H11Cl2N3O/c1-6(14)11-15-10(16-17-11)5-7-8(12)3-2-4-9(7)13/h2-4,6H,5,14H2,1H3/t6-/m1/s1. The molecule has 0 aliphatic rings. The predicted molar refractivity (Wildman–Crippen MR) is 66.2 cm³/mol. The molecule has 0 radical (unpaired) electrons. The molecule has 0 fully saturated rings. The fourth-order valence-electron chi connectivity index (χ4n) is 1.38. The summed E-state index contributed by atoms with van der Waals surface area (Å²) in [5, 5.41) is 5.01. The molecular formula is C11H11Cl2N3O. The first-order valence-electron chi connectivity index (χ1n) is 5.09. The maximum Gasteiger partial charge on any atom is 0.243 e. The normalized spacial score (nSPS) is 12.7. The molecule has 90 valence electrons. The van der Waals surface area contributed by atoms with Gasteiger partial charge in [-0.15, -0.1) is 0 Å². The molecule has 1 aromatic heterocycles. The third-order valence-electron chi connectivity index (χ3n) is 2.27. The highest BCUT2D eigenvalue weighted by Crippen LogP contribution is 2.26. The molecule has 0 bridgehead atoms. The van der Waals surface area contributed by atoms with Gasteiger partial charge in [0.15, 0.2) is 5.82 Å². The van der Waals surface area contributed by atoms with Crippen LogP contribution < -0.4 is 5.73 Å². The molecule has 0 aliphatic carbocycles. The van der Waals surface area contributed by atoms with Gasteiger partial charge in [-0.2, -0.15) is 4.98 Å². The summed E-state index contributed by atoms with van der Waals surface area (Å²) in [6, 6.07) is 5.06. The summed E-state index contributed by atoms with van der Waals surface area (Å²) in [5.74, 6) is 0.926. The van der Waals surface area contributed by atoms with E-state index in [1.165, 1.54) is 0 Å². The van der Waals surface area contributed by atoms with Gasteiger partial charge < -0.3 is 10.3 Å². The number of aromatic nitrogens is 2. The van der Waals surface area contributed by atoms with Crippen molar-refractivity contribution in [2.75, 3.05) is 0 Å². The molecule has 17 heavy (non-hydrogen) atoms. The zero-order valence-corrected chi connectivity index (χ0v) is 10.7. The smallest absolute Gasteiger partial charge is 0.243 e. The van der Waals surface area contributed by atoms with Gasteiger partial charge in [0, 0.05) is 16.5 Å². The Morgan fingerprint density at radius 2 is 2.00 bits per heavy atom. The fourth-order valence-corrected chi connectivity index (χ4v) is 1.91. The monoisotopic (exact) mass is 271 g/mol. The van der Waals surface area contributed by atoms with Crippen molar-refractivity contribution in [3.63, 3.8) is 0 Å². The topological polar surface area (TPSA) is 64.9 Å².